The topological polar surface area (TPSA) is 46.3 Å². The number of likely N-dealkylation sites (tertiary alicyclic amines) is 1. The van der Waals surface area contributed by atoms with Gasteiger partial charge >= 0.3 is 6.18 Å². The van der Waals surface area contributed by atoms with Crippen molar-refractivity contribution in [2.75, 3.05) is 13.1 Å². The summed E-state index contributed by atoms with van der Waals surface area (Å²) in [7, 11) is 0. The zero-order chi connectivity index (χ0) is 16.3. The fourth-order valence-electron chi connectivity index (χ4n) is 2.26. The van der Waals surface area contributed by atoms with Gasteiger partial charge < -0.3 is 10.6 Å². The number of piperidine rings is 1. The number of carbonyl (C=O) groups excluding carboxylic acids is 1. The summed E-state index contributed by atoms with van der Waals surface area (Å²) < 4.78 is 38.3. The first kappa shape index (κ1) is 19.8. The van der Waals surface area contributed by atoms with Gasteiger partial charge in [-0.15, -0.1) is 12.4 Å². The number of alkyl halides is 3. The van der Waals surface area contributed by atoms with Crippen LogP contribution < -0.4 is 5.73 Å². The molecule has 2 N–H and O–H groups in total. The highest BCUT2D eigenvalue weighted by molar-refractivity contribution is 6.31. The lowest BCUT2D eigenvalue weighted by Gasteiger charge is -2.29. The number of hydrogen-bond donors (Lipinski definition) is 1. The van der Waals surface area contributed by atoms with Crippen molar-refractivity contribution in [1.29, 1.82) is 0 Å². The lowest BCUT2D eigenvalue weighted by atomic mass is 10.1. The molecule has 0 saturated carbocycles. The highest BCUT2D eigenvalue weighted by atomic mass is 35.5. The zero-order valence-electron chi connectivity index (χ0n) is 12.1. The Balaban J connectivity index is 0.00000264. The second kappa shape index (κ2) is 8.04. The Morgan fingerprint density at radius 3 is 2.48 bits per heavy atom. The van der Waals surface area contributed by atoms with Crippen molar-refractivity contribution >= 4 is 36.0 Å². The standard InChI is InChI=1S/C15H16ClF3N2O.ClH/c16-13-3-1-10(9-12(13)15(17,18)19)2-4-14(22)21-7-5-11(20)6-8-21;/h1-4,9,11H,5-8,20H2;1H. The summed E-state index contributed by atoms with van der Waals surface area (Å²) in [6, 6.07) is 3.65. The third-order valence-electron chi connectivity index (χ3n) is 3.57. The average molecular weight is 369 g/mol. The van der Waals surface area contributed by atoms with Crippen LogP contribution >= 0.6 is 24.0 Å². The Hall–Kier alpha value is -1.24. The van der Waals surface area contributed by atoms with Crippen molar-refractivity contribution in [1.82, 2.24) is 4.90 Å². The molecule has 2 rings (SSSR count). The van der Waals surface area contributed by atoms with Gasteiger partial charge in [-0.05, 0) is 36.6 Å². The summed E-state index contributed by atoms with van der Waals surface area (Å²) in [5.74, 6) is -0.226. The van der Waals surface area contributed by atoms with E-state index in [0.29, 0.717) is 13.1 Å². The van der Waals surface area contributed by atoms with E-state index >= 15 is 0 Å². The minimum Gasteiger partial charge on any atom is -0.339 e. The highest BCUT2D eigenvalue weighted by Crippen LogP contribution is 2.35. The van der Waals surface area contributed by atoms with Gasteiger partial charge in [0.05, 0.1) is 10.6 Å². The molecule has 0 aliphatic carbocycles. The van der Waals surface area contributed by atoms with Crippen molar-refractivity contribution in [3.63, 3.8) is 0 Å². The van der Waals surface area contributed by atoms with Gasteiger partial charge in [0.15, 0.2) is 0 Å². The van der Waals surface area contributed by atoms with E-state index in [9.17, 15) is 18.0 Å². The fraction of sp³-hybridized carbons (Fsp3) is 0.400. The molecule has 8 heteroatoms. The van der Waals surface area contributed by atoms with E-state index in [1.807, 2.05) is 0 Å². The van der Waals surface area contributed by atoms with E-state index in [2.05, 4.69) is 0 Å². The van der Waals surface area contributed by atoms with Gasteiger partial charge in [-0.1, -0.05) is 17.7 Å². The molecule has 0 spiro atoms. The molecule has 0 aromatic heterocycles. The van der Waals surface area contributed by atoms with Crippen molar-refractivity contribution in [2.45, 2.75) is 25.1 Å². The van der Waals surface area contributed by atoms with Crippen LogP contribution in [0.5, 0.6) is 0 Å². The number of rotatable bonds is 2. The smallest absolute Gasteiger partial charge is 0.339 e. The molecule has 1 aromatic rings. The number of carbonyl (C=O) groups is 1. The quantitative estimate of drug-likeness (QED) is 0.808. The van der Waals surface area contributed by atoms with Gasteiger partial charge in [0, 0.05) is 25.2 Å². The molecule has 0 unspecified atom stereocenters. The number of benzene rings is 1. The predicted octanol–water partition coefficient (Wildman–Crippen LogP) is 3.74. The number of nitrogens with two attached hydrogens (primary N) is 1. The normalized spacial score (nSPS) is 16.5. The first-order chi connectivity index (χ1) is 10.3. The van der Waals surface area contributed by atoms with E-state index in [1.54, 1.807) is 4.90 Å². The molecule has 1 amide bonds. The Labute approximate surface area is 143 Å². The molecule has 3 nitrogen and oxygen atoms in total. The molecular formula is C15H17Cl2F3N2O. The van der Waals surface area contributed by atoms with E-state index in [4.69, 9.17) is 17.3 Å². The van der Waals surface area contributed by atoms with Gasteiger partial charge in [0.2, 0.25) is 5.91 Å². The number of hydrogen-bond acceptors (Lipinski definition) is 2. The van der Waals surface area contributed by atoms with Crippen LogP contribution in [-0.4, -0.2) is 29.9 Å². The Kier molecular flexibility index (Phi) is 6.92. The molecule has 1 fully saturated rings. The molecule has 1 aliphatic rings. The molecule has 1 saturated heterocycles. The van der Waals surface area contributed by atoms with E-state index in [0.717, 1.165) is 18.9 Å². The molecule has 128 valence electrons. The third kappa shape index (κ3) is 5.41. The molecule has 1 heterocycles. The van der Waals surface area contributed by atoms with Crippen LogP contribution in [0.25, 0.3) is 6.08 Å². The highest BCUT2D eigenvalue weighted by Gasteiger charge is 2.33. The SMILES string of the molecule is Cl.NC1CCN(C(=O)C=Cc2ccc(Cl)c(C(F)(F)F)c2)CC1. The fourth-order valence-corrected chi connectivity index (χ4v) is 2.48. The number of nitrogens with zero attached hydrogens (tertiary/aromatic N) is 1. The van der Waals surface area contributed by atoms with E-state index < -0.39 is 11.7 Å². The van der Waals surface area contributed by atoms with Crippen LogP contribution in [0.1, 0.15) is 24.0 Å². The average Bonchev–Trinajstić information content (AvgIpc) is 2.45. The van der Waals surface area contributed by atoms with Gasteiger partial charge in [-0.2, -0.15) is 13.2 Å². The third-order valence-corrected chi connectivity index (χ3v) is 3.90. The van der Waals surface area contributed by atoms with Crippen LogP contribution in [0.15, 0.2) is 24.3 Å². The summed E-state index contributed by atoms with van der Waals surface area (Å²) >= 11 is 5.55. The van der Waals surface area contributed by atoms with Crippen LogP contribution in [0.4, 0.5) is 13.2 Å². The predicted molar refractivity (Wildman–Crippen MR) is 86.5 cm³/mol. The Bertz CT molecular complexity index is 583. The zero-order valence-corrected chi connectivity index (χ0v) is 13.7. The minimum atomic E-state index is -4.52. The summed E-state index contributed by atoms with van der Waals surface area (Å²) in [5.41, 5.74) is 5.13. The lowest BCUT2D eigenvalue weighted by Crippen LogP contribution is -2.42. The van der Waals surface area contributed by atoms with E-state index in [-0.39, 0.29) is 34.9 Å². The monoisotopic (exact) mass is 368 g/mol. The van der Waals surface area contributed by atoms with Gasteiger partial charge in [0.1, 0.15) is 0 Å². The number of halogens is 5. The van der Waals surface area contributed by atoms with Crippen molar-refractivity contribution in [2.24, 2.45) is 5.73 Å². The molecule has 1 aliphatic heterocycles. The Morgan fingerprint density at radius 1 is 1.30 bits per heavy atom. The molecule has 0 atom stereocenters. The van der Waals surface area contributed by atoms with Gasteiger partial charge in [0.25, 0.3) is 0 Å². The maximum Gasteiger partial charge on any atom is 0.417 e. The first-order valence-corrected chi connectivity index (χ1v) is 7.24. The van der Waals surface area contributed by atoms with Crippen molar-refractivity contribution < 1.29 is 18.0 Å². The summed E-state index contributed by atoms with van der Waals surface area (Å²) in [5, 5.41) is -0.360. The molecule has 1 aromatic carbocycles. The first-order valence-electron chi connectivity index (χ1n) is 6.86. The van der Waals surface area contributed by atoms with Gasteiger partial charge in [-0.25, -0.2) is 0 Å². The van der Waals surface area contributed by atoms with Crippen LogP contribution in [0.2, 0.25) is 5.02 Å². The van der Waals surface area contributed by atoms with Crippen LogP contribution in [0.3, 0.4) is 0 Å². The van der Waals surface area contributed by atoms with Gasteiger partial charge in [-0.3, -0.25) is 4.79 Å². The minimum absolute atomic E-state index is 0. The van der Waals surface area contributed by atoms with Crippen molar-refractivity contribution in [3.8, 4) is 0 Å². The molecule has 23 heavy (non-hydrogen) atoms. The number of amides is 1. The van der Waals surface area contributed by atoms with E-state index in [1.165, 1.54) is 24.3 Å². The second-order valence-electron chi connectivity index (χ2n) is 5.23. The summed E-state index contributed by atoms with van der Waals surface area (Å²) in [6.07, 6.45) is -0.409. The maximum atomic E-state index is 12.8. The summed E-state index contributed by atoms with van der Waals surface area (Å²) in [6.45, 7) is 1.14. The lowest BCUT2D eigenvalue weighted by molar-refractivity contribution is -0.137. The van der Waals surface area contributed by atoms with Crippen molar-refractivity contribution in [3.05, 3.63) is 40.4 Å². The second-order valence-corrected chi connectivity index (χ2v) is 5.64. The molecule has 0 radical (unpaired) electrons. The van der Waals surface area contributed by atoms with Crippen LogP contribution in [-0.2, 0) is 11.0 Å². The maximum absolute atomic E-state index is 12.8. The molecular weight excluding hydrogens is 352 g/mol. The summed E-state index contributed by atoms with van der Waals surface area (Å²) in [4.78, 5) is 13.6. The molecule has 0 bridgehead atoms. The van der Waals surface area contributed by atoms with Crippen LogP contribution in [0, 0.1) is 0 Å². The largest absolute Gasteiger partial charge is 0.417 e. The Morgan fingerprint density at radius 2 is 1.91 bits per heavy atom.